The number of fused-ring (bicyclic) bond motifs is 2. The van der Waals surface area contributed by atoms with Gasteiger partial charge in [-0.15, -0.1) is 0 Å². The summed E-state index contributed by atoms with van der Waals surface area (Å²) in [7, 11) is 5.74. The predicted molar refractivity (Wildman–Crippen MR) is 135 cm³/mol. The minimum Gasteiger partial charge on any atom is -0.497 e. The van der Waals surface area contributed by atoms with Crippen LogP contribution in [0, 0.1) is 11.8 Å². The Balaban J connectivity index is 1.48. The third kappa shape index (κ3) is 4.53. The van der Waals surface area contributed by atoms with Crippen LogP contribution in [0.3, 0.4) is 0 Å². The molecule has 2 unspecified atom stereocenters. The summed E-state index contributed by atoms with van der Waals surface area (Å²) in [6.45, 7) is 3.92. The van der Waals surface area contributed by atoms with Crippen molar-refractivity contribution in [3.8, 4) is 22.8 Å². The van der Waals surface area contributed by atoms with Crippen LogP contribution in [0.25, 0.3) is 22.2 Å². The van der Waals surface area contributed by atoms with Crippen molar-refractivity contribution in [3.63, 3.8) is 0 Å². The summed E-state index contributed by atoms with van der Waals surface area (Å²) >= 11 is 0. The first-order valence-electron chi connectivity index (χ1n) is 11.9. The number of benzene rings is 2. The van der Waals surface area contributed by atoms with Crippen molar-refractivity contribution >= 4 is 22.5 Å². The lowest BCUT2D eigenvalue weighted by atomic mass is 9.89. The highest BCUT2D eigenvalue weighted by molar-refractivity contribution is 5.95. The maximum Gasteiger partial charge on any atom is 0.225 e. The van der Waals surface area contributed by atoms with Gasteiger partial charge in [-0.3, -0.25) is 4.79 Å². The van der Waals surface area contributed by atoms with E-state index in [0.717, 1.165) is 71.9 Å². The number of rotatable bonds is 7. The number of nitrogens with zero attached hydrogens (tertiary/aromatic N) is 3. The van der Waals surface area contributed by atoms with Crippen molar-refractivity contribution < 1.29 is 14.3 Å². The molecule has 0 bridgehead atoms. The molecule has 7 nitrogen and oxygen atoms in total. The summed E-state index contributed by atoms with van der Waals surface area (Å²) in [6.07, 6.45) is 1.03. The van der Waals surface area contributed by atoms with Gasteiger partial charge in [0.25, 0.3) is 0 Å². The number of aromatic nitrogens is 1. The lowest BCUT2D eigenvalue weighted by Crippen LogP contribution is -2.41. The largest absolute Gasteiger partial charge is 0.497 e. The van der Waals surface area contributed by atoms with E-state index in [1.165, 1.54) is 0 Å². The Morgan fingerprint density at radius 2 is 1.88 bits per heavy atom. The van der Waals surface area contributed by atoms with Crippen molar-refractivity contribution in [2.75, 3.05) is 58.9 Å². The van der Waals surface area contributed by atoms with Gasteiger partial charge in [0.05, 0.1) is 24.2 Å². The van der Waals surface area contributed by atoms with Gasteiger partial charge in [0, 0.05) is 48.9 Å². The van der Waals surface area contributed by atoms with E-state index in [4.69, 9.17) is 14.5 Å². The monoisotopic (exact) mass is 460 g/mol. The van der Waals surface area contributed by atoms with Crippen LogP contribution >= 0.6 is 0 Å². The fraction of sp³-hybridized carbons (Fsp3) is 0.407. The Morgan fingerprint density at radius 3 is 2.62 bits per heavy atom. The molecular weight excluding hydrogens is 428 g/mol. The number of methoxy groups -OCH3 is 1. The molecule has 2 aromatic carbocycles. The van der Waals surface area contributed by atoms with E-state index in [2.05, 4.69) is 39.4 Å². The van der Waals surface area contributed by atoms with Gasteiger partial charge in [0.15, 0.2) is 0 Å². The molecule has 178 valence electrons. The molecule has 2 aliphatic heterocycles. The van der Waals surface area contributed by atoms with E-state index < -0.39 is 0 Å². The van der Waals surface area contributed by atoms with Crippen molar-refractivity contribution in [1.82, 2.24) is 15.2 Å². The molecule has 0 aliphatic carbocycles. The minimum atomic E-state index is 0.0530. The molecule has 1 aromatic heterocycles. The molecule has 0 saturated carbocycles. The first-order valence-corrected chi connectivity index (χ1v) is 11.9. The average Bonchev–Trinajstić information content (AvgIpc) is 3.29. The zero-order chi connectivity index (χ0) is 23.7. The van der Waals surface area contributed by atoms with E-state index in [9.17, 15) is 4.79 Å². The fourth-order valence-corrected chi connectivity index (χ4v) is 4.96. The number of hydrogen-bond donors (Lipinski definition) is 1. The van der Waals surface area contributed by atoms with E-state index in [1.807, 2.05) is 38.4 Å². The zero-order valence-electron chi connectivity index (χ0n) is 20.1. The second-order valence-electron chi connectivity index (χ2n) is 9.44. The number of nitrogens with one attached hydrogen (secondary N) is 1. The van der Waals surface area contributed by atoms with E-state index >= 15 is 0 Å². The summed E-state index contributed by atoms with van der Waals surface area (Å²) in [6, 6.07) is 16.3. The number of hydrogen-bond acceptors (Lipinski definition) is 6. The molecule has 2 fully saturated rings. The highest BCUT2D eigenvalue weighted by Gasteiger charge is 2.40. The van der Waals surface area contributed by atoms with Gasteiger partial charge in [-0.05, 0) is 68.9 Å². The van der Waals surface area contributed by atoms with Crippen LogP contribution in [0.2, 0.25) is 0 Å². The van der Waals surface area contributed by atoms with Gasteiger partial charge in [-0.25, -0.2) is 4.98 Å². The van der Waals surface area contributed by atoms with Gasteiger partial charge < -0.3 is 24.6 Å². The van der Waals surface area contributed by atoms with Crippen LogP contribution in [0.1, 0.15) is 6.42 Å². The van der Waals surface area contributed by atoms with Crippen LogP contribution in [-0.4, -0.2) is 69.8 Å². The van der Waals surface area contributed by atoms with E-state index in [0.29, 0.717) is 12.5 Å². The van der Waals surface area contributed by atoms with Gasteiger partial charge in [-0.1, -0.05) is 0 Å². The van der Waals surface area contributed by atoms with Crippen molar-refractivity contribution in [1.29, 1.82) is 0 Å². The topological polar surface area (TPSA) is 66.9 Å². The summed E-state index contributed by atoms with van der Waals surface area (Å²) < 4.78 is 11.3. The molecule has 2 atom stereocenters. The summed E-state index contributed by atoms with van der Waals surface area (Å²) in [5.74, 6) is 2.27. The van der Waals surface area contributed by atoms with Crippen LogP contribution in [0.4, 0.5) is 5.69 Å². The summed E-state index contributed by atoms with van der Waals surface area (Å²) in [5.41, 5.74) is 3.93. The Kier molecular flexibility index (Phi) is 6.28. The number of pyridine rings is 1. The first kappa shape index (κ1) is 22.5. The molecule has 2 aliphatic rings. The number of ether oxygens (including phenoxy) is 2. The van der Waals surface area contributed by atoms with Crippen LogP contribution in [0.15, 0.2) is 48.5 Å². The standard InChI is InChI=1S/C27H32N4O3/c1-30(2)12-13-34-20-6-4-18(5-7-20)24-15-26(22-9-8-21(33-3)14-25(22)29-24)31-16-19-10-11-28-27(32)23(19)17-31/h4-9,14-15,19,23H,10-13,16-17H2,1-3H3,(H,28,32). The number of piperidine rings is 1. The molecule has 2 saturated heterocycles. The van der Waals surface area contributed by atoms with Gasteiger partial charge in [0.1, 0.15) is 18.1 Å². The quantitative estimate of drug-likeness (QED) is 0.583. The minimum absolute atomic E-state index is 0.0530. The van der Waals surface area contributed by atoms with Crippen LogP contribution in [0.5, 0.6) is 11.5 Å². The highest BCUT2D eigenvalue weighted by Crippen LogP contribution is 2.38. The second-order valence-corrected chi connectivity index (χ2v) is 9.44. The summed E-state index contributed by atoms with van der Waals surface area (Å²) in [4.78, 5) is 21.9. The maximum atomic E-state index is 12.5. The SMILES string of the molecule is COc1ccc2c(N3CC4CCNC(=O)C4C3)cc(-c3ccc(OCCN(C)C)cc3)nc2c1. The maximum absolute atomic E-state index is 12.5. The Labute approximate surface area is 200 Å². The smallest absolute Gasteiger partial charge is 0.225 e. The molecule has 1 N–H and O–H groups in total. The number of carbonyl (C=O) groups excluding carboxylic acids is 1. The van der Waals surface area contributed by atoms with Crippen molar-refractivity contribution in [2.24, 2.45) is 11.8 Å². The average molecular weight is 461 g/mol. The molecule has 3 aromatic rings. The number of carbonyl (C=O) groups is 1. The van der Waals surface area contributed by atoms with Gasteiger partial charge in [-0.2, -0.15) is 0 Å². The fourth-order valence-electron chi connectivity index (χ4n) is 4.96. The molecular formula is C27H32N4O3. The molecule has 1 amide bonds. The third-order valence-corrected chi connectivity index (χ3v) is 6.89. The molecule has 0 spiro atoms. The van der Waals surface area contributed by atoms with Crippen LogP contribution in [-0.2, 0) is 4.79 Å². The number of likely N-dealkylation sites (N-methyl/N-ethyl adjacent to an activating group) is 1. The van der Waals surface area contributed by atoms with Gasteiger partial charge in [0.2, 0.25) is 5.91 Å². The first-order chi connectivity index (χ1) is 16.5. The number of amides is 1. The lowest BCUT2D eigenvalue weighted by molar-refractivity contribution is -0.127. The Hall–Kier alpha value is -3.32. The molecule has 5 rings (SSSR count). The van der Waals surface area contributed by atoms with E-state index in [1.54, 1.807) is 7.11 Å². The van der Waals surface area contributed by atoms with Crippen molar-refractivity contribution in [3.05, 3.63) is 48.5 Å². The third-order valence-electron chi connectivity index (χ3n) is 6.89. The van der Waals surface area contributed by atoms with Gasteiger partial charge >= 0.3 is 0 Å². The molecule has 3 heterocycles. The van der Waals surface area contributed by atoms with E-state index in [-0.39, 0.29) is 11.8 Å². The predicted octanol–water partition coefficient (Wildman–Crippen LogP) is 3.42. The normalized spacial score (nSPS) is 19.9. The Morgan fingerprint density at radius 1 is 1.09 bits per heavy atom. The Bertz CT molecular complexity index is 1180. The molecule has 34 heavy (non-hydrogen) atoms. The lowest BCUT2D eigenvalue weighted by Gasteiger charge is -2.23. The second kappa shape index (κ2) is 9.50. The van der Waals surface area contributed by atoms with Crippen LogP contribution < -0.4 is 19.7 Å². The summed E-state index contributed by atoms with van der Waals surface area (Å²) in [5, 5.41) is 4.11. The number of anilines is 1. The van der Waals surface area contributed by atoms with Crippen molar-refractivity contribution in [2.45, 2.75) is 6.42 Å². The highest BCUT2D eigenvalue weighted by atomic mass is 16.5. The molecule has 7 heteroatoms. The zero-order valence-corrected chi connectivity index (χ0v) is 20.1. The molecule has 0 radical (unpaired) electrons.